The molecule has 1 aromatic heterocycles. The topological polar surface area (TPSA) is 63.1 Å². The Bertz CT molecular complexity index is 1300. The highest BCUT2D eigenvalue weighted by Crippen LogP contribution is 2.34. The average Bonchev–Trinajstić information content (AvgIpc) is 3.57. The van der Waals surface area contributed by atoms with E-state index in [0.717, 1.165) is 61.8 Å². The Labute approximate surface area is 229 Å². The molecule has 2 aliphatic heterocycles. The van der Waals surface area contributed by atoms with Gasteiger partial charge in [-0.3, -0.25) is 9.69 Å². The highest BCUT2D eigenvalue weighted by atomic mass is 19.1. The summed E-state index contributed by atoms with van der Waals surface area (Å²) in [5.74, 6) is 1.91. The molecule has 0 spiro atoms. The van der Waals surface area contributed by atoms with E-state index in [4.69, 9.17) is 14.6 Å². The van der Waals surface area contributed by atoms with Gasteiger partial charge in [-0.05, 0) is 69.2 Å². The Kier molecular flexibility index (Phi) is 8.07. The van der Waals surface area contributed by atoms with E-state index < -0.39 is 0 Å². The molecule has 3 heterocycles. The fourth-order valence-corrected chi connectivity index (χ4v) is 5.39. The van der Waals surface area contributed by atoms with Gasteiger partial charge < -0.3 is 19.3 Å². The first-order chi connectivity index (χ1) is 18.9. The number of hydrogen-bond donors (Lipinski definition) is 0. The third kappa shape index (κ3) is 5.59. The van der Waals surface area contributed by atoms with Crippen molar-refractivity contribution in [1.82, 2.24) is 19.6 Å². The van der Waals surface area contributed by atoms with Gasteiger partial charge in [-0.25, -0.2) is 9.07 Å². The molecular weight excluding hydrogens is 497 g/mol. The van der Waals surface area contributed by atoms with E-state index in [1.54, 1.807) is 30.3 Å². The van der Waals surface area contributed by atoms with Crippen molar-refractivity contribution < 1.29 is 18.7 Å². The number of carbonyl (C=O) groups excluding carboxylic acids is 1. The lowest BCUT2D eigenvalue weighted by Gasteiger charge is -2.38. The van der Waals surface area contributed by atoms with E-state index in [9.17, 15) is 9.18 Å². The van der Waals surface area contributed by atoms with Crippen LogP contribution in [0, 0.1) is 5.82 Å². The lowest BCUT2D eigenvalue weighted by Crippen LogP contribution is -2.49. The molecule has 0 bridgehead atoms. The summed E-state index contributed by atoms with van der Waals surface area (Å²) in [6.45, 7) is 13.4. The van der Waals surface area contributed by atoms with Gasteiger partial charge in [0.25, 0.3) is 5.91 Å². The van der Waals surface area contributed by atoms with Crippen molar-refractivity contribution in [2.75, 3.05) is 44.4 Å². The zero-order valence-electron chi connectivity index (χ0n) is 23.3. The molecule has 3 aromatic rings. The number of anilines is 1. The molecule has 2 aromatic carbocycles. The van der Waals surface area contributed by atoms with E-state index in [0.29, 0.717) is 36.2 Å². The zero-order valence-corrected chi connectivity index (χ0v) is 23.3. The van der Waals surface area contributed by atoms with Gasteiger partial charge >= 0.3 is 0 Å². The maximum absolute atomic E-state index is 13.8. The van der Waals surface area contributed by atoms with Gasteiger partial charge in [0, 0.05) is 49.9 Å². The van der Waals surface area contributed by atoms with Gasteiger partial charge in [0.1, 0.15) is 11.6 Å². The number of piperazine rings is 1. The van der Waals surface area contributed by atoms with Gasteiger partial charge in [0.05, 0.1) is 17.9 Å². The number of benzene rings is 2. The van der Waals surface area contributed by atoms with Crippen LogP contribution in [0.3, 0.4) is 0 Å². The van der Waals surface area contributed by atoms with Crippen molar-refractivity contribution in [3.63, 3.8) is 0 Å². The Morgan fingerprint density at radius 3 is 2.41 bits per heavy atom. The zero-order chi connectivity index (χ0) is 27.5. The lowest BCUT2D eigenvalue weighted by molar-refractivity contribution is 0.0742. The predicted octanol–water partition coefficient (Wildman–Crippen LogP) is 4.89. The van der Waals surface area contributed by atoms with Gasteiger partial charge in [0.15, 0.2) is 11.5 Å². The summed E-state index contributed by atoms with van der Waals surface area (Å²) in [5.41, 5.74) is 3.37. The lowest BCUT2D eigenvalue weighted by atomic mass is 10.1. The van der Waals surface area contributed by atoms with Crippen LogP contribution in [0.5, 0.6) is 11.5 Å². The quantitative estimate of drug-likeness (QED) is 0.389. The summed E-state index contributed by atoms with van der Waals surface area (Å²) in [5, 5.41) is 5.01. The van der Waals surface area contributed by atoms with Gasteiger partial charge in [-0.15, -0.1) is 0 Å². The number of nitrogens with zero attached hydrogens (tertiary/aromatic N) is 5. The largest absolute Gasteiger partial charge is 0.454 e. The van der Waals surface area contributed by atoms with E-state index in [1.165, 1.54) is 12.1 Å². The van der Waals surface area contributed by atoms with Crippen molar-refractivity contribution in [2.24, 2.45) is 0 Å². The maximum atomic E-state index is 13.8. The molecule has 1 amide bonds. The molecule has 208 valence electrons. The number of halogens is 1. The minimum Gasteiger partial charge on any atom is -0.454 e. The summed E-state index contributed by atoms with van der Waals surface area (Å²) >= 11 is 0. The summed E-state index contributed by atoms with van der Waals surface area (Å²) in [6, 6.07) is 12.3. The monoisotopic (exact) mass is 535 g/mol. The average molecular weight is 536 g/mol. The number of amides is 1. The number of aromatic nitrogens is 2. The predicted molar refractivity (Wildman–Crippen MR) is 149 cm³/mol. The second-order valence-corrected chi connectivity index (χ2v) is 10.4. The van der Waals surface area contributed by atoms with Crippen LogP contribution in [0.1, 0.15) is 55.7 Å². The molecule has 0 unspecified atom stereocenters. The van der Waals surface area contributed by atoms with Crippen LogP contribution in [-0.2, 0) is 13.0 Å². The number of ether oxygens (including phenoxy) is 2. The smallest absolute Gasteiger partial charge is 0.254 e. The van der Waals surface area contributed by atoms with Crippen molar-refractivity contribution >= 4 is 11.7 Å². The molecule has 9 heteroatoms. The molecule has 2 aliphatic rings. The van der Waals surface area contributed by atoms with Crippen LogP contribution >= 0.6 is 0 Å². The van der Waals surface area contributed by atoms with E-state index in [2.05, 4.69) is 37.5 Å². The van der Waals surface area contributed by atoms with Crippen LogP contribution in [0.15, 0.2) is 42.5 Å². The molecule has 0 N–H and O–H groups in total. The highest BCUT2D eigenvalue weighted by Gasteiger charge is 2.29. The number of hydrogen-bond acceptors (Lipinski definition) is 6. The minimum atomic E-state index is -0.280. The maximum Gasteiger partial charge on any atom is 0.254 e. The van der Waals surface area contributed by atoms with Crippen LogP contribution in [-0.4, -0.2) is 71.0 Å². The molecule has 5 rings (SSSR count). The van der Waals surface area contributed by atoms with Gasteiger partial charge in [-0.2, -0.15) is 5.10 Å². The van der Waals surface area contributed by atoms with E-state index >= 15 is 0 Å². The normalized spacial score (nSPS) is 15.3. The second kappa shape index (κ2) is 11.7. The van der Waals surface area contributed by atoms with Gasteiger partial charge in [0.2, 0.25) is 6.79 Å². The minimum absolute atomic E-state index is 0.0534. The first kappa shape index (κ1) is 27.0. The van der Waals surface area contributed by atoms with Gasteiger partial charge in [-0.1, -0.05) is 13.8 Å². The molecule has 0 saturated carbocycles. The first-order valence-corrected chi connectivity index (χ1v) is 13.9. The van der Waals surface area contributed by atoms with E-state index in [-0.39, 0.29) is 18.5 Å². The van der Waals surface area contributed by atoms with Crippen LogP contribution in [0.25, 0.3) is 5.69 Å². The number of carbonyl (C=O) groups is 1. The molecular formula is C30H38FN5O3. The molecule has 8 nitrogen and oxygen atoms in total. The standard InChI is InChI=1S/C30H38FN5O3/c1-5-13-35(30(37)22-7-12-27-28(18-22)39-20-38-27)19-25-26(6-2)32-36(24-10-8-23(31)9-11-24)29(25)34-16-14-33(15-17-34)21(3)4/h7-12,18,21H,5-6,13-17,19-20H2,1-4H3. The second-order valence-electron chi connectivity index (χ2n) is 10.4. The molecule has 39 heavy (non-hydrogen) atoms. The Hall–Kier alpha value is -3.59. The molecule has 0 atom stereocenters. The van der Waals surface area contributed by atoms with E-state index in [1.807, 2.05) is 9.58 Å². The third-order valence-electron chi connectivity index (χ3n) is 7.54. The summed E-state index contributed by atoms with van der Waals surface area (Å²) in [4.78, 5) is 20.5. The summed E-state index contributed by atoms with van der Waals surface area (Å²) < 4.78 is 26.7. The van der Waals surface area contributed by atoms with Crippen LogP contribution < -0.4 is 14.4 Å². The first-order valence-electron chi connectivity index (χ1n) is 13.9. The number of aryl methyl sites for hydroxylation is 1. The fraction of sp³-hybridized carbons (Fsp3) is 0.467. The molecule has 0 radical (unpaired) electrons. The third-order valence-corrected chi connectivity index (χ3v) is 7.54. The van der Waals surface area contributed by atoms with Crippen LogP contribution in [0.4, 0.5) is 10.2 Å². The Morgan fingerprint density at radius 1 is 1.03 bits per heavy atom. The molecule has 1 fully saturated rings. The Morgan fingerprint density at radius 2 is 1.74 bits per heavy atom. The summed E-state index contributed by atoms with van der Waals surface area (Å²) in [6.07, 6.45) is 1.55. The van der Waals surface area contributed by atoms with Crippen molar-refractivity contribution in [1.29, 1.82) is 0 Å². The fourth-order valence-electron chi connectivity index (χ4n) is 5.39. The highest BCUT2D eigenvalue weighted by molar-refractivity contribution is 5.95. The molecule has 1 saturated heterocycles. The van der Waals surface area contributed by atoms with Crippen molar-refractivity contribution in [3.05, 3.63) is 65.1 Å². The van der Waals surface area contributed by atoms with Crippen molar-refractivity contribution in [3.8, 4) is 17.2 Å². The van der Waals surface area contributed by atoms with Crippen molar-refractivity contribution in [2.45, 2.75) is 53.1 Å². The number of rotatable bonds is 9. The summed E-state index contributed by atoms with van der Waals surface area (Å²) in [7, 11) is 0. The SMILES string of the molecule is CCCN(Cc1c(CC)nn(-c2ccc(F)cc2)c1N1CCN(C(C)C)CC1)C(=O)c1ccc2c(c1)OCO2. The number of fused-ring (bicyclic) bond motifs is 1. The Balaban J connectivity index is 1.53. The molecule has 0 aliphatic carbocycles. The van der Waals surface area contributed by atoms with Crippen LogP contribution in [0.2, 0.25) is 0 Å².